The van der Waals surface area contributed by atoms with Gasteiger partial charge in [-0.2, -0.15) is 20.4 Å². The molecular formula is C56H68Cl12Cu4N12O8-4. The zero-order valence-corrected chi connectivity index (χ0v) is 63.5. The second-order valence-corrected chi connectivity index (χ2v) is 23.8. The summed E-state index contributed by atoms with van der Waals surface area (Å²) in [5.41, 5.74) is -1.58. The van der Waals surface area contributed by atoms with Crippen LogP contribution in [-0.2, 0) is 68.3 Å². The molecule has 0 bridgehead atoms. The van der Waals surface area contributed by atoms with Crippen LogP contribution in [0.4, 0.5) is 0 Å². The van der Waals surface area contributed by atoms with Gasteiger partial charge in [-0.05, 0) is 144 Å². The number of nitrogens with zero attached hydrogens (tertiary/aromatic N) is 12. The Morgan fingerprint density at radius 1 is 0.304 bits per heavy atom. The van der Waals surface area contributed by atoms with E-state index < -0.39 is 46.1 Å². The van der Waals surface area contributed by atoms with E-state index in [0.29, 0.717) is 68.0 Å². The molecule has 4 heterocycles. The molecule has 4 atom stereocenters. The number of aliphatic hydroxyl groups is 4. The minimum Gasteiger partial charge on any atom is -1.00 e. The van der Waals surface area contributed by atoms with Crippen LogP contribution < -0.4 is 118 Å². The largest absolute Gasteiger partial charge is 2.00 e. The fourth-order valence-electron chi connectivity index (χ4n) is 6.17. The summed E-state index contributed by atoms with van der Waals surface area (Å²) >= 11 is 23.4. The number of hydrogen-bond acceptors (Lipinski definition) is 16. The zero-order valence-electron chi connectivity index (χ0n) is 50.7. The number of hydrogen-bond donors (Lipinski definition) is 4. The fourth-order valence-corrected chi connectivity index (χ4v) is 6.68. The first-order valence-electron chi connectivity index (χ1n) is 24.8. The van der Waals surface area contributed by atoms with Crippen molar-refractivity contribution < 1.29 is 207 Å². The predicted octanol–water partition coefficient (Wildman–Crippen LogP) is -13.0. The molecule has 20 nitrogen and oxygen atoms in total. The zero-order chi connectivity index (χ0) is 59.0. The summed E-state index contributed by atoms with van der Waals surface area (Å²) in [6.07, 6.45) is 9.38. The SMILES string of the molecule is CC(C)(C)C(O)[C-](Oc1ccc(Cl)cc1)n1cncn1.CC(C)(C)C(O)[C-](Oc1ccc(Cl)cc1)n1cncn1.CC(C)(C)C(O)[C-](Oc1ccc(Cl)cc1)n1cncn1.CC(C)(C)C(O)[C-](Oc1ccc(Cl)cc1)n1cncn1.[Cl-].[Cl-].[Cl-].[Cl-].[Cl-].[Cl-].[Cl-].[Cl-].[Cu+2].[Cu+2].[Cu+2].[Cu+2]. The third-order valence-electron chi connectivity index (χ3n) is 10.9. The Bertz CT molecular complexity index is 2600. The average Bonchev–Trinajstić information content (AvgIpc) is 4.27. The number of aromatic nitrogens is 12. The van der Waals surface area contributed by atoms with Crippen molar-refractivity contribution in [1.82, 2.24) is 59.1 Å². The van der Waals surface area contributed by atoms with E-state index in [1.807, 2.05) is 83.1 Å². The molecule has 0 aliphatic rings. The van der Waals surface area contributed by atoms with Gasteiger partial charge in [0.05, 0.1) is 49.3 Å². The molecule has 4 N–H and O–H groups in total. The average molecular weight is 1720 g/mol. The molecule has 4 unspecified atom stereocenters. The first kappa shape index (κ1) is 106. The Balaban J connectivity index is -0.000000163. The molecule has 4 aromatic heterocycles. The van der Waals surface area contributed by atoms with Crippen molar-refractivity contribution in [1.29, 1.82) is 0 Å². The minimum absolute atomic E-state index is 0. The molecule has 0 spiro atoms. The number of ether oxygens (including phenoxy) is 4. The summed E-state index contributed by atoms with van der Waals surface area (Å²) < 4.78 is 28.8. The van der Waals surface area contributed by atoms with Crippen molar-refractivity contribution in [3.8, 4) is 23.0 Å². The summed E-state index contributed by atoms with van der Waals surface area (Å²) in [7, 11) is 0. The molecule has 0 aliphatic carbocycles. The van der Waals surface area contributed by atoms with Crippen LogP contribution in [0.5, 0.6) is 23.0 Å². The molecule has 0 amide bonds. The first-order chi connectivity index (χ1) is 37.5. The molecule has 532 valence electrons. The van der Waals surface area contributed by atoms with Crippen LogP contribution >= 0.6 is 46.4 Å². The molecule has 0 saturated heterocycles. The molecule has 0 saturated carbocycles. The second-order valence-electron chi connectivity index (χ2n) is 22.0. The van der Waals surface area contributed by atoms with E-state index in [1.54, 1.807) is 97.1 Å². The van der Waals surface area contributed by atoms with Gasteiger partial charge in [0.15, 0.2) is 0 Å². The second kappa shape index (κ2) is 49.1. The van der Waals surface area contributed by atoms with E-state index in [-0.39, 0.29) is 168 Å². The Labute approximate surface area is 650 Å². The van der Waals surface area contributed by atoms with Gasteiger partial charge in [0.2, 0.25) is 0 Å². The number of rotatable bonds is 16. The van der Waals surface area contributed by atoms with E-state index in [0.717, 1.165) is 0 Å². The van der Waals surface area contributed by atoms with E-state index in [2.05, 4.69) is 40.3 Å². The van der Waals surface area contributed by atoms with Crippen LogP contribution in [0.2, 0.25) is 20.1 Å². The standard InChI is InChI=1S/4C14H17ClN3O2.8ClH.4Cu/c4*1-14(2,3)12(19)13(18-9-16-8-17-18)20-11-6-4-10(15)5-7-11;;;;;;;;;;;;/h4*4-9,12,19H,1-3H3;8*1H;;;;/q4*-1;;;;;;;;;4*+2/p-8. The molecule has 36 heteroatoms. The Morgan fingerprint density at radius 2 is 0.446 bits per heavy atom. The van der Waals surface area contributed by atoms with Gasteiger partial charge in [-0.1, -0.05) is 129 Å². The van der Waals surface area contributed by atoms with E-state index in [1.165, 1.54) is 69.3 Å². The Morgan fingerprint density at radius 3 is 0.554 bits per heavy atom. The number of benzene rings is 4. The van der Waals surface area contributed by atoms with E-state index in [9.17, 15) is 20.4 Å². The van der Waals surface area contributed by atoms with Crippen molar-refractivity contribution in [2.75, 3.05) is 0 Å². The fraction of sp³-hybridized carbons (Fsp3) is 0.357. The summed E-state index contributed by atoms with van der Waals surface area (Å²) in [6, 6.07) is 27.6. The topological polar surface area (TPSA) is 241 Å². The van der Waals surface area contributed by atoms with Gasteiger partial charge < -0.3 is 177 Å². The monoisotopic (exact) mass is 1710 g/mol. The quantitative estimate of drug-likeness (QED) is 0.0519. The van der Waals surface area contributed by atoms with Gasteiger partial charge in [-0.25, -0.2) is 0 Å². The third-order valence-corrected chi connectivity index (χ3v) is 11.9. The van der Waals surface area contributed by atoms with Gasteiger partial charge >= 0.3 is 68.3 Å². The van der Waals surface area contributed by atoms with Gasteiger partial charge in [0.25, 0.3) is 0 Å². The maximum absolute atomic E-state index is 10.5. The van der Waals surface area contributed by atoms with Crippen LogP contribution in [0, 0.1) is 46.6 Å². The number of halogens is 12. The maximum atomic E-state index is 10.5. The summed E-state index contributed by atoms with van der Waals surface area (Å²) in [5.74, 6) is 2.29. The normalized spacial score (nSPS) is 11.3. The van der Waals surface area contributed by atoms with Gasteiger partial charge in [0, 0.05) is 20.1 Å². The first-order valence-corrected chi connectivity index (χ1v) is 26.4. The van der Waals surface area contributed by atoms with Gasteiger partial charge in [0.1, 0.15) is 48.3 Å². The summed E-state index contributed by atoms with van der Waals surface area (Å²) in [5, 5.41) is 60.4. The molecule has 0 aliphatic heterocycles. The molecule has 4 aromatic carbocycles. The third kappa shape index (κ3) is 34.6. The van der Waals surface area contributed by atoms with Crippen LogP contribution in [0.1, 0.15) is 83.1 Å². The van der Waals surface area contributed by atoms with Crippen LogP contribution in [0.3, 0.4) is 0 Å². The molecular weight excluding hydrogens is 1650 g/mol. The molecule has 8 rings (SSSR count). The van der Waals surface area contributed by atoms with E-state index >= 15 is 0 Å². The summed E-state index contributed by atoms with van der Waals surface area (Å²) in [4.78, 5) is 15.5. The van der Waals surface area contributed by atoms with Gasteiger partial charge in [-0.3, -0.25) is 0 Å². The molecule has 0 fully saturated rings. The van der Waals surface area contributed by atoms with Crippen LogP contribution in [0.25, 0.3) is 0 Å². The Kier molecular flexibility index (Phi) is 56.3. The van der Waals surface area contributed by atoms with Crippen LogP contribution in [-0.4, -0.2) is 104 Å². The molecule has 4 radical (unpaired) electrons. The summed E-state index contributed by atoms with van der Waals surface area (Å²) in [6.45, 7) is 23.0. The van der Waals surface area contributed by atoms with Crippen molar-refractivity contribution in [3.05, 3.63) is 193 Å². The minimum atomic E-state index is -0.833. The predicted molar refractivity (Wildman–Crippen MR) is 305 cm³/mol. The Hall–Kier alpha value is -2.48. The van der Waals surface area contributed by atoms with E-state index in [4.69, 9.17) is 65.4 Å². The van der Waals surface area contributed by atoms with Crippen molar-refractivity contribution in [2.45, 2.75) is 108 Å². The van der Waals surface area contributed by atoms with Crippen molar-refractivity contribution in [2.24, 2.45) is 21.7 Å². The molecule has 8 aromatic rings. The number of aliphatic hydroxyl groups excluding tert-OH is 4. The van der Waals surface area contributed by atoms with Crippen LogP contribution in [0.15, 0.2) is 148 Å². The van der Waals surface area contributed by atoms with Gasteiger partial charge in [-0.15, -0.1) is 0 Å². The maximum Gasteiger partial charge on any atom is 2.00 e. The smallest absolute Gasteiger partial charge is 1.00 e. The van der Waals surface area contributed by atoms with Crippen molar-refractivity contribution >= 4 is 46.4 Å². The van der Waals surface area contributed by atoms with Crippen molar-refractivity contribution in [3.63, 3.8) is 0 Å². The molecule has 92 heavy (non-hydrogen) atoms.